The Labute approximate surface area is 152 Å². The SMILES string of the molecule is Cc1cccc(C)c1NC(=O)c1ccc(Nc2ccc(C#N)cc2)cn1. The molecular weight excluding hydrogens is 324 g/mol. The Bertz CT molecular complexity index is 950. The van der Waals surface area contributed by atoms with Crippen molar-refractivity contribution in [3.63, 3.8) is 0 Å². The van der Waals surface area contributed by atoms with E-state index in [0.29, 0.717) is 11.3 Å². The highest BCUT2D eigenvalue weighted by atomic mass is 16.1. The fraction of sp³-hybridized carbons (Fsp3) is 0.0952. The third-order valence-electron chi connectivity index (χ3n) is 4.02. The molecule has 3 rings (SSSR count). The van der Waals surface area contributed by atoms with Gasteiger partial charge in [0.1, 0.15) is 5.69 Å². The Morgan fingerprint density at radius 1 is 0.962 bits per heavy atom. The summed E-state index contributed by atoms with van der Waals surface area (Å²) in [7, 11) is 0. The highest BCUT2D eigenvalue weighted by molar-refractivity contribution is 6.03. The summed E-state index contributed by atoms with van der Waals surface area (Å²) in [6.45, 7) is 3.92. The number of anilines is 3. The first kappa shape index (κ1) is 17.2. The van der Waals surface area contributed by atoms with E-state index in [0.717, 1.165) is 28.2 Å². The second-order valence-electron chi connectivity index (χ2n) is 5.97. The van der Waals surface area contributed by atoms with Gasteiger partial charge in [0, 0.05) is 11.4 Å². The normalized spacial score (nSPS) is 10.0. The Morgan fingerprint density at radius 3 is 2.19 bits per heavy atom. The van der Waals surface area contributed by atoms with Crippen LogP contribution in [0, 0.1) is 25.2 Å². The number of pyridine rings is 1. The van der Waals surface area contributed by atoms with Crippen LogP contribution in [0.2, 0.25) is 0 Å². The molecule has 1 heterocycles. The Balaban J connectivity index is 1.70. The van der Waals surface area contributed by atoms with E-state index >= 15 is 0 Å². The molecule has 2 aromatic carbocycles. The quantitative estimate of drug-likeness (QED) is 0.728. The van der Waals surface area contributed by atoms with Crippen LogP contribution in [0.1, 0.15) is 27.2 Å². The maximum Gasteiger partial charge on any atom is 0.274 e. The molecule has 3 aromatic rings. The fourth-order valence-electron chi connectivity index (χ4n) is 2.59. The topological polar surface area (TPSA) is 77.8 Å². The number of carbonyl (C=O) groups excluding carboxylic acids is 1. The summed E-state index contributed by atoms with van der Waals surface area (Å²) in [5.41, 5.74) is 5.40. The van der Waals surface area contributed by atoms with Gasteiger partial charge in [-0.05, 0) is 61.4 Å². The van der Waals surface area contributed by atoms with Crippen molar-refractivity contribution in [1.82, 2.24) is 4.98 Å². The molecule has 26 heavy (non-hydrogen) atoms. The number of rotatable bonds is 4. The van der Waals surface area contributed by atoms with E-state index in [2.05, 4.69) is 21.7 Å². The minimum atomic E-state index is -0.243. The number of nitriles is 1. The lowest BCUT2D eigenvalue weighted by Gasteiger charge is -2.11. The molecule has 0 unspecified atom stereocenters. The predicted molar refractivity (Wildman–Crippen MR) is 103 cm³/mol. The number of nitrogens with one attached hydrogen (secondary N) is 2. The molecule has 128 valence electrons. The molecule has 0 saturated carbocycles. The van der Waals surface area contributed by atoms with Gasteiger partial charge in [0.05, 0.1) is 23.5 Å². The molecule has 0 atom stereocenters. The number of benzene rings is 2. The molecule has 5 heteroatoms. The van der Waals surface area contributed by atoms with Crippen LogP contribution in [0.15, 0.2) is 60.8 Å². The van der Waals surface area contributed by atoms with Crippen LogP contribution in [-0.2, 0) is 0 Å². The number of aryl methyl sites for hydroxylation is 2. The lowest BCUT2D eigenvalue weighted by molar-refractivity contribution is 0.102. The highest BCUT2D eigenvalue weighted by Gasteiger charge is 2.11. The molecule has 0 bridgehead atoms. The van der Waals surface area contributed by atoms with Crippen LogP contribution < -0.4 is 10.6 Å². The summed E-state index contributed by atoms with van der Waals surface area (Å²) in [5, 5.41) is 14.9. The average molecular weight is 342 g/mol. The minimum absolute atomic E-state index is 0.243. The van der Waals surface area contributed by atoms with Crippen LogP contribution >= 0.6 is 0 Å². The van der Waals surface area contributed by atoms with Crippen molar-refractivity contribution in [3.05, 3.63) is 83.2 Å². The zero-order valence-electron chi connectivity index (χ0n) is 14.6. The van der Waals surface area contributed by atoms with E-state index < -0.39 is 0 Å². The second-order valence-corrected chi connectivity index (χ2v) is 5.97. The van der Waals surface area contributed by atoms with E-state index in [4.69, 9.17) is 5.26 Å². The highest BCUT2D eigenvalue weighted by Crippen LogP contribution is 2.21. The standard InChI is InChI=1S/C21H18N4O/c1-14-4-3-5-15(2)20(14)25-21(26)19-11-10-18(13-23-19)24-17-8-6-16(12-22)7-9-17/h3-11,13,24H,1-2H3,(H,25,26). The molecule has 1 aromatic heterocycles. The molecule has 0 aliphatic carbocycles. The zero-order chi connectivity index (χ0) is 18.5. The first-order valence-electron chi connectivity index (χ1n) is 8.17. The first-order valence-corrected chi connectivity index (χ1v) is 8.17. The smallest absolute Gasteiger partial charge is 0.274 e. The van der Waals surface area contributed by atoms with E-state index in [1.165, 1.54) is 0 Å². The summed E-state index contributed by atoms with van der Waals surface area (Å²) in [4.78, 5) is 16.7. The number of aromatic nitrogens is 1. The summed E-state index contributed by atoms with van der Waals surface area (Å²) >= 11 is 0. The second kappa shape index (κ2) is 7.49. The van der Waals surface area contributed by atoms with Crippen molar-refractivity contribution < 1.29 is 4.79 Å². The molecule has 0 saturated heterocycles. The maximum absolute atomic E-state index is 12.4. The molecule has 1 amide bonds. The molecule has 5 nitrogen and oxygen atoms in total. The van der Waals surface area contributed by atoms with Crippen molar-refractivity contribution >= 4 is 23.0 Å². The van der Waals surface area contributed by atoms with E-state index in [1.807, 2.05) is 44.2 Å². The van der Waals surface area contributed by atoms with Gasteiger partial charge in [0.25, 0.3) is 5.91 Å². The van der Waals surface area contributed by atoms with Crippen LogP contribution in [0.5, 0.6) is 0 Å². The van der Waals surface area contributed by atoms with Gasteiger partial charge in [-0.2, -0.15) is 5.26 Å². The van der Waals surface area contributed by atoms with Crippen LogP contribution in [0.25, 0.3) is 0 Å². The molecule has 0 aliphatic heterocycles. The van der Waals surface area contributed by atoms with Gasteiger partial charge >= 0.3 is 0 Å². The zero-order valence-corrected chi connectivity index (χ0v) is 14.6. The molecular formula is C21H18N4O. The minimum Gasteiger partial charge on any atom is -0.354 e. The molecule has 0 radical (unpaired) electrons. The summed E-state index contributed by atoms with van der Waals surface area (Å²) in [6, 6.07) is 18.5. The number of amides is 1. The van der Waals surface area contributed by atoms with E-state index in [-0.39, 0.29) is 5.91 Å². The number of para-hydroxylation sites is 1. The van der Waals surface area contributed by atoms with E-state index in [9.17, 15) is 4.79 Å². The Kier molecular flexibility index (Phi) is 4.95. The molecule has 2 N–H and O–H groups in total. The maximum atomic E-state index is 12.4. The van der Waals surface area contributed by atoms with Crippen molar-refractivity contribution in [2.75, 3.05) is 10.6 Å². The van der Waals surface area contributed by atoms with Crippen LogP contribution in [-0.4, -0.2) is 10.9 Å². The van der Waals surface area contributed by atoms with Gasteiger partial charge in [0.15, 0.2) is 0 Å². The average Bonchev–Trinajstić information content (AvgIpc) is 2.66. The van der Waals surface area contributed by atoms with Gasteiger partial charge in [0.2, 0.25) is 0 Å². The van der Waals surface area contributed by atoms with E-state index in [1.54, 1.807) is 30.5 Å². The van der Waals surface area contributed by atoms with Crippen molar-refractivity contribution in [1.29, 1.82) is 5.26 Å². The Hall–Kier alpha value is -3.65. The number of hydrogen-bond acceptors (Lipinski definition) is 4. The molecule has 0 aliphatic rings. The van der Waals surface area contributed by atoms with Gasteiger partial charge in [-0.1, -0.05) is 18.2 Å². The lowest BCUT2D eigenvalue weighted by atomic mass is 10.1. The van der Waals surface area contributed by atoms with Gasteiger partial charge in [-0.15, -0.1) is 0 Å². The lowest BCUT2D eigenvalue weighted by Crippen LogP contribution is -2.15. The number of nitrogens with zero attached hydrogens (tertiary/aromatic N) is 2. The fourth-order valence-corrected chi connectivity index (χ4v) is 2.59. The molecule has 0 spiro atoms. The van der Waals surface area contributed by atoms with Gasteiger partial charge in [-0.3, -0.25) is 4.79 Å². The third kappa shape index (κ3) is 3.87. The number of carbonyl (C=O) groups is 1. The van der Waals surface area contributed by atoms with Crippen LogP contribution in [0.4, 0.5) is 17.1 Å². The largest absolute Gasteiger partial charge is 0.354 e. The summed E-state index contributed by atoms with van der Waals surface area (Å²) < 4.78 is 0. The number of hydrogen-bond donors (Lipinski definition) is 2. The molecule has 0 fully saturated rings. The first-order chi connectivity index (χ1) is 12.6. The van der Waals surface area contributed by atoms with Crippen LogP contribution in [0.3, 0.4) is 0 Å². The predicted octanol–water partition coefficient (Wildman–Crippen LogP) is 4.57. The Morgan fingerprint density at radius 2 is 1.62 bits per heavy atom. The van der Waals surface area contributed by atoms with Crippen molar-refractivity contribution in [2.24, 2.45) is 0 Å². The van der Waals surface area contributed by atoms with Crippen molar-refractivity contribution in [3.8, 4) is 6.07 Å². The summed E-state index contributed by atoms with van der Waals surface area (Å²) in [6.07, 6.45) is 1.61. The third-order valence-corrected chi connectivity index (χ3v) is 4.02. The van der Waals surface area contributed by atoms with Crippen molar-refractivity contribution in [2.45, 2.75) is 13.8 Å². The summed E-state index contributed by atoms with van der Waals surface area (Å²) in [5.74, 6) is -0.243. The monoisotopic (exact) mass is 342 g/mol. The van der Waals surface area contributed by atoms with Gasteiger partial charge < -0.3 is 10.6 Å². The van der Waals surface area contributed by atoms with Gasteiger partial charge in [-0.25, -0.2) is 4.98 Å².